The first-order chi connectivity index (χ1) is 11.5. The van der Waals surface area contributed by atoms with E-state index in [0.717, 1.165) is 24.4 Å². The number of likely N-dealkylation sites (N-methyl/N-ethyl adjacent to an activating group) is 1. The van der Waals surface area contributed by atoms with Gasteiger partial charge < -0.3 is 9.84 Å². The first kappa shape index (κ1) is 18.5. The lowest BCUT2D eigenvalue weighted by Crippen LogP contribution is -2.35. The first-order valence-electron chi connectivity index (χ1n) is 8.64. The third-order valence-electron chi connectivity index (χ3n) is 4.36. The Balaban J connectivity index is 1.89. The van der Waals surface area contributed by atoms with Crippen LogP contribution in [0.1, 0.15) is 29.2 Å². The normalized spacial score (nSPS) is 12.4. The summed E-state index contributed by atoms with van der Waals surface area (Å²) in [4.78, 5) is 2.23. The molecule has 0 fully saturated rings. The summed E-state index contributed by atoms with van der Waals surface area (Å²) in [6, 6.07) is 14.5. The highest BCUT2D eigenvalue weighted by molar-refractivity contribution is 5.41. The molecule has 2 aromatic carbocycles. The second kappa shape index (κ2) is 8.86. The first-order valence-corrected chi connectivity index (χ1v) is 8.64. The van der Waals surface area contributed by atoms with Gasteiger partial charge in [-0.15, -0.1) is 0 Å². The Bertz CT molecular complexity index is 640. The number of nitrogens with zero attached hydrogens (tertiary/aromatic N) is 1. The largest absolute Gasteiger partial charge is 0.491 e. The molecule has 2 aromatic rings. The van der Waals surface area contributed by atoms with Crippen molar-refractivity contribution < 1.29 is 9.84 Å². The van der Waals surface area contributed by atoms with Gasteiger partial charge in [-0.25, -0.2) is 0 Å². The van der Waals surface area contributed by atoms with Crippen molar-refractivity contribution in [3.8, 4) is 5.75 Å². The topological polar surface area (TPSA) is 32.7 Å². The highest BCUT2D eigenvalue weighted by Crippen LogP contribution is 2.23. The summed E-state index contributed by atoms with van der Waals surface area (Å²) in [6.07, 6.45) is -0.506. The average molecular weight is 327 g/mol. The summed E-state index contributed by atoms with van der Waals surface area (Å²) in [7, 11) is 0. The van der Waals surface area contributed by atoms with E-state index in [-0.39, 0.29) is 0 Å². The fourth-order valence-corrected chi connectivity index (χ4v) is 2.83. The smallest absolute Gasteiger partial charge is 0.122 e. The van der Waals surface area contributed by atoms with Crippen LogP contribution in [0.5, 0.6) is 5.75 Å². The predicted molar refractivity (Wildman–Crippen MR) is 99.5 cm³/mol. The quantitative estimate of drug-likeness (QED) is 0.799. The van der Waals surface area contributed by atoms with E-state index in [4.69, 9.17) is 4.74 Å². The van der Waals surface area contributed by atoms with Crippen LogP contribution in [-0.2, 0) is 6.54 Å². The standard InChI is InChI=1S/C21H29NO2/c1-5-22(13-19-9-7-6-8-10-19)14-20(23)15-24-21-12-16(2)11-17(3)18(21)4/h6-12,20,23H,5,13-15H2,1-4H3. The highest BCUT2D eigenvalue weighted by atomic mass is 16.5. The van der Waals surface area contributed by atoms with Gasteiger partial charge in [-0.2, -0.15) is 0 Å². The summed E-state index contributed by atoms with van der Waals surface area (Å²) in [5, 5.41) is 10.4. The molecule has 0 aliphatic rings. The van der Waals surface area contributed by atoms with E-state index in [1.54, 1.807) is 0 Å². The maximum atomic E-state index is 10.4. The number of aliphatic hydroxyl groups excluding tert-OH is 1. The maximum absolute atomic E-state index is 10.4. The van der Waals surface area contributed by atoms with E-state index in [9.17, 15) is 5.11 Å². The third kappa shape index (κ3) is 5.36. The van der Waals surface area contributed by atoms with Crippen molar-refractivity contribution >= 4 is 0 Å². The fraction of sp³-hybridized carbons (Fsp3) is 0.429. The molecule has 1 atom stereocenters. The van der Waals surface area contributed by atoms with Crippen molar-refractivity contribution in [3.05, 3.63) is 64.7 Å². The summed E-state index contributed by atoms with van der Waals surface area (Å²) < 4.78 is 5.88. The Labute approximate surface area is 145 Å². The minimum atomic E-state index is -0.506. The second-order valence-electron chi connectivity index (χ2n) is 6.48. The molecule has 0 aliphatic carbocycles. The summed E-state index contributed by atoms with van der Waals surface area (Å²) in [6.45, 7) is 11.0. The van der Waals surface area contributed by atoms with Crippen LogP contribution >= 0.6 is 0 Å². The fourth-order valence-electron chi connectivity index (χ4n) is 2.83. The van der Waals surface area contributed by atoms with Crippen LogP contribution in [0.4, 0.5) is 0 Å². The summed E-state index contributed by atoms with van der Waals surface area (Å²) >= 11 is 0. The van der Waals surface area contributed by atoms with E-state index in [0.29, 0.717) is 13.2 Å². The van der Waals surface area contributed by atoms with Gasteiger partial charge in [-0.1, -0.05) is 43.3 Å². The van der Waals surface area contributed by atoms with E-state index < -0.39 is 6.10 Å². The number of aliphatic hydroxyl groups is 1. The molecule has 0 saturated heterocycles. The van der Waals surface area contributed by atoms with Gasteiger partial charge in [0.2, 0.25) is 0 Å². The van der Waals surface area contributed by atoms with Crippen LogP contribution in [-0.4, -0.2) is 35.8 Å². The molecule has 1 unspecified atom stereocenters. The van der Waals surface area contributed by atoms with Crippen LogP contribution in [0, 0.1) is 20.8 Å². The van der Waals surface area contributed by atoms with E-state index in [1.165, 1.54) is 16.7 Å². The number of benzene rings is 2. The molecule has 0 radical (unpaired) electrons. The van der Waals surface area contributed by atoms with Gasteiger partial charge in [0.1, 0.15) is 18.5 Å². The summed E-state index contributed by atoms with van der Waals surface area (Å²) in [5.74, 6) is 0.873. The molecule has 0 bridgehead atoms. The van der Waals surface area contributed by atoms with Gasteiger partial charge in [0.05, 0.1) is 0 Å². The van der Waals surface area contributed by atoms with Crippen LogP contribution in [0.15, 0.2) is 42.5 Å². The van der Waals surface area contributed by atoms with Crippen molar-refractivity contribution in [2.24, 2.45) is 0 Å². The zero-order chi connectivity index (χ0) is 17.5. The minimum absolute atomic E-state index is 0.315. The summed E-state index contributed by atoms with van der Waals surface area (Å²) in [5.41, 5.74) is 4.81. The molecular formula is C21H29NO2. The Morgan fingerprint density at radius 3 is 2.46 bits per heavy atom. The molecule has 0 saturated carbocycles. The van der Waals surface area contributed by atoms with Crippen LogP contribution in [0.3, 0.4) is 0 Å². The number of hydrogen-bond donors (Lipinski definition) is 1. The third-order valence-corrected chi connectivity index (χ3v) is 4.36. The zero-order valence-corrected chi connectivity index (χ0v) is 15.2. The number of hydrogen-bond acceptors (Lipinski definition) is 3. The molecule has 2 rings (SSSR count). The van der Waals surface area contributed by atoms with Gasteiger partial charge in [-0.05, 0) is 55.6 Å². The SMILES string of the molecule is CCN(Cc1ccccc1)CC(O)COc1cc(C)cc(C)c1C. The van der Waals surface area contributed by atoms with Gasteiger partial charge >= 0.3 is 0 Å². The molecule has 0 aromatic heterocycles. The molecule has 0 amide bonds. The van der Waals surface area contributed by atoms with Gasteiger partial charge in [0.25, 0.3) is 0 Å². The molecule has 24 heavy (non-hydrogen) atoms. The molecule has 130 valence electrons. The molecule has 3 heteroatoms. The van der Waals surface area contributed by atoms with Gasteiger partial charge in [0, 0.05) is 13.1 Å². The van der Waals surface area contributed by atoms with Crippen LogP contribution in [0.2, 0.25) is 0 Å². The lowest BCUT2D eigenvalue weighted by atomic mass is 10.1. The molecular weight excluding hydrogens is 298 g/mol. The number of rotatable bonds is 8. The van der Waals surface area contributed by atoms with Gasteiger partial charge in [0.15, 0.2) is 0 Å². The van der Waals surface area contributed by atoms with Gasteiger partial charge in [-0.3, -0.25) is 4.90 Å². The van der Waals surface area contributed by atoms with E-state index >= 15 is 0 Å². The second-order valence-corrected chi connectivity index (χ2v) is 6.48. The predicted octanol–water partition coefficient (Wildman–Crippen LogP) is 3.87. The van der Waals surface area contributed by atoms with Crippen molar-refractivity contribution in [2.45, 2.75) is 40.3 Å². The highest BCUT2D eigenvalue weighted by Gasteiger charge is 2.13. The van der Waals surface area contributed by atoms with Crippen molar-refractivity contribution in [1.82, 2.24) is 4.90 Å². The van der Waals surface area contributed by atoms with Crippen molar-refractivity contribution in [2.75, 3.05) is 19.7 Å². The molecule has 0 spiro atoms. The van der Waals surface area contributed by atoms with Crippen LogP contribution in [0.25, 0.3) is 0 Å². The lowest BCUT2D eigenvalue weighted by Gasteiger charge is -2.24. The average Bonchev–Trinajstić information content (AvgIpc) is 2.57. The molecule has 0 heterocycles. The lowest BCUT2D eigenvalue weighted by molar-refractivity contribution is 0.0672. The number of ether oxygens (including phenoxy) is 1. The molecule has 0 aliphatic heterocycles. The van der Waals surface area contributed by atoms with E-state index in [2.05, 4.69) is 50.8 Å². The Hall–Kier alpha value is -1.84. The minimum Gasteiger partial charge on any atom is -0.491 e. The Morgan fingerprint density at radius 2 is 1.79 bits per heavy atom. The molecule has 1 N–H and O–H groups in total. The maximum Gasteiger partial charge on any atom is 0.122 e. The Kier molecular flexibility index (Phi) is 6.83. The monoisotopic (exact) mass is 327 g/mol. The Morgan fingerprint density at radius 1 is 1.08 bits per heavy atom. The van der Waals surface area contributed by atoms with Crippen molar-refractivity contribution in [1.29, 1.82) is 0 Å². The van der Waals surface area contributed by atoms with Crippen molar-refractivity contribution in [3.63, 3.8) is 0 Å². The number of aryl methyl sites for hydroxylation is 2. The molecule has 3 nitrogen and oxygen atoms in total. The zero-order valence-electron chi connectivity index (χ0n) is 15.2. The van der Waals surface area contributed by atoms with E-state index in [1.807, 2.05) is 24.3 Å². The van der Waals surface area contributed by atoms with Crippen LogP contribution < -0.4 is 4.74 Å².